The van der Waals surface area contributed by atoms with Gasteiger partial charge in [-0.15, -0.1) is 23.5 Å². The van der Waals surface area contributed by atoms with Crippen LogP contribution in [0.3, 0.4) is 0 Å². The highest BCUT2D eigenvalue weighted by molar-refractivity contribution is 7.98. The van der Waals surface area contributed by atoms with E-state index in [1.807, 2.05) is 24.3 Å². The Balaban J connectivity index is 1.92. The van der Waals surface area contributed by atoms with Gasteiger partial charge in [0.05, 0.1) is 0 Å². The smallest absolute Gasteiger partial charge is 0.526 e. The molecule has 0 heterocycles. The summed E-state index contributed by atoms with van der Waals surface area (Å²) in [6.07, 6.45) is 4.14. The Morgan fingerprint density at radius 2 is 1.19 bits per heavy atom. The van der Waals surface area contributed by atoms with Crippen LogP contribution in [0.4, 0.5) is 0 Å². The average Bonchev–Trinajstić information content (AvgIpc) is 2.48. The molecule has 0 aliphatic heterocycles. The zero-order valence-corrected chi connectivity index (χ0v) is 14.3. The molecule has 0 saturated carbocycles. The third kappa shape index (κ3) is 4.38. The summed E-state index contributed by atoms with van der Waals surface area (Å²) in [6, 6.07) is 12.0. The van der Waals surface area contributed by atoms with Crippen molar-refractivity contribution in [3.63, 3.8) is 0 Å². The molecule has 0 aliphatic rings. The standard InChI is InChI=1S/C16H18BO2S2/c1-11-9-13(5-7-15(11)20-3)18-17-19-14-6-8-16(21-4)12(2)10-14/h5-10H,1-4H3. The van der Waals surface area contributed by atoms with E-state index in [-0.39, 0.29) is 0 Å². The summed E-state index contributed by atoms with van der Waals surface area (Å²) in [6.45, 7) is 4.15. The minimum Gasteiger partial charge on any atom is -0.526 e. The summed E-state index contributed by atoms with van der Waals surface area (Å²) in [5, 5.41) is 0. The van der Waals surface area contributed by atoms with Gasteiger partial charge in [0.1, 0.15) is 11.5 Å². The van der Waals surface area contributed by atoms with Crippen LogP contribution in [-0.2, 0) is 0 Å². The second kappa shape index (κ2) is 7.71. The predicted octanol–water partition coefficient (Wildman–Crippen LogP) is 4.74. The second-order valence-electron chi connectivity index (χ2n) is 4.59. The molecule has 0 fully saturated rings. The molecule has 109 valence electrons. The molecule has 0 N–H and O–H groups in total. The Labute approximate surface area is 135 Å². The molecule has 0 spiro atoms. The summed E-state index contributed by atoms with van der Waals surface area (Å²) >= 11 is 3.46. The zero-order valence-electron chi connectivity index (χ0n) is 12.7. The van der Waals surface area contributed by atoms with Gasteiger partial charge < -0.3 is 9.31 Å². The minimum atomic E-state index is 0.780. The van der Waals surface area contributed by atoms with E-state index in [1.54, 1.807) is 23.5 Å². The number of hydrogen-bond donors (Lipinski definition) is 0. The molecule has 2 nitrogen and oxygen atoms in total. The fraction of sp³-hybridized carbons (Fsp3) is 0.250. The van der Waals surface area contributed by atoms with Crippen LogP contribution in [0.1, 0.15) is 11.1 Å². The van der Waals surface area contributed by atoms with Gasteiger partial charge in [-0.1, -0.05) is 0 Å². The van der Waals surface area contributed by atoms with E-state index in [4.69, 9.17) is 9.31 Å². The van der Waals surface area contributed by atoms with Gasteiger partial charge in [-0.05, 0) is 73.9 Å². The number of rotatable bonds is 6. The quantitative estimate of drug-likeness (QED) is 0.565. The van der Waals surface area contributed by atoms with Crippen LogP contribution >= 0.6 is 23.5 Å². The first-order valence-electron chi connectivity index (χ1n) is 6.58. The zero-order chi connectivity index (χ0) is 15.2. The van der Waals surface area contributed by atoms with Crippen molar-refractivity contribution in [2.45, 2.75) is 23.6 Å². The van der Waals surface area contributed by atoms with Crippen molar-refractivity contribution in [3.8, 4) is 11.5 Å². The van der Waals surface area contributed by atoms with E-state index < -0.39 is 0 Å². The maximum absolute atomic E-state index is 5.53. The predicted molar refractivity (Wildman–Crippen MR) is 92.9 cm³/mol. The number of benzene rings is 2. The summed E-state index contributed by atoms with van der Waals surface area (Å²) in [4.78, 5) is 2.51. The first-order chi connectivity index (χ1) is 10.1. The van der Waals surface area contributed by atoms with E-state index in [2.05, 4.69) is 38.5 Å². The van der Waals surface area contributed by atoms with Crippen LogP contribution in [-0.4, -0.2) is 20.2 Å². The van der Waals surface area contributed by atoms with Crippen molar-refractivity contribution < 1.29 is 9.31 Å². The molecule has 0 atom stereocenters. The largest absolute Gasteiger partial charge is 0.658 e. The van der Waals surface area contributed by atoms with Gasteiger partial charge in [-0.25, -0.2) is 0 Å². The topological polar surface area (TPSA) is 18.5 Å². The summed E-state index contributed by atoms with van der Waals surface area (Å²) in [7, 11) is 1.38. The highest BCUT2D eigenvalue weighted by Gasteiger charge is 2.05. The molecule has 0 saturated heterocycles. The molecule has 0 aromatic heterocycles. The Kier molecular flexibility index (Phi) is 5.94. The third-order valence-electron chi connectivity index (χ3n) is 3.10. The molecule has 5 heteroatoms. The van der Waals surface area contributed by atoms with Crippen LogP contribution in [0.25, 0.3) is 0 Å². The highest BCUT2D eigenvalue weighted by atomic mass is 32.2. The Bertz CT molecular complexity index is 564. The van der Waals surface area contributed by atoms with Crippen molar-refractivity contribution in [1.29, 1.82) is 0 Å². The molecule has 0 bridgehead atoms. The van der Waals surface area contributed by atoms with Crippen LogP contribution < -0.4 is 9.31 Å². The van der Waals surface area contributed by atoms with Crippen molar-refractivity contribution in [3.05, 3.63) is 47.5 Å². The van der Waals surface area contributed by atoms with Gasteiger partial charge in [0.2, 0.25) is 0 Å². The fourth-order valence-electron chi connectivity index (χ4n) is 1.98. The van der Waals surface area contributed by atoms with E-state index >= 15 is 0 Å². The van der Waals surface area contributed by atoms with Crippen molar-refractivity contribution in [1.82, 2.24) is 0 Å². The van der Waals surface area contributed by atoms with Crippen molar-refractivity contribution >= 4 is 31.2 Å². The molecule has 2 rings (SSSR count). The lowest BCUT2D eigenvalue weighted by atomic mass is 10.2. The molecule has 0 aliphatic carbocycles. The normalized spacial score (nSPS) is 10.3. The van der Waals surface area contributed by atoms with Gasteiger partial charge in [-0.2, -0.15) is 0 Å². The van der Waals surface area contributed by atoms with Gasteiger partial charge in [0, 0.05) is 9.79 Å². The lowest BCUT2D eigenvalue weighted by molar-refractivity contribution is 0.458. The fourth-order valence-corrected chi connectivity index (χ4v) is 3.15. The molecular formula is C16H18BO2S2. The van der Waals surface area contributed by atoms with E-state index in [0.29, 0.717) is 0 Å². The van der Waals surface area contributed by atoms with E-state index in [9.17, 15) is 0 Å². The first-order valence-corrected chi connectivity index (χ1v) is 9.03. The maximum Gasteiger partial charge on any atom is 0.658 e. The molecule has 2 aromatic rings. The summed E-state index contributed by atoms with van der Waals surface area (Å²) in [5.41, 5.74) is 2.40. The van der Waals surface area contributed by atoms with Crippen LogP contribution in [0.2, 0.25) is 0 Å². The van der Waals surface area contributed by atoms with Crippen LogP contribution in [0, 0.1) is 13.8 Å². The number of hydrogen-bond acceptors (Lipinski definition) is 4. The molecule has 0 amide bonds. The molecule has 0 unspecified atom stereocenters. The van der Waals surface area contributed by atoms with Gasteiger partial charge in [0.15, 0.2) is 0 Å². The van der Waals surface area contributed by atoms with Gasteiger partial charge in [-0.3, -0.25) is 0 Å². The maximum atomic E-state index is 5.53. The van der Waals surface area contributed by atoms with Crippen LogP contribution in [0.5, 0.6) is 11.5 Å². The van der Waals surface area contributed by atoms with E-state index in [0.717, 1.165) is 11.5 Å². The summed E-state index contributed by atoms with van der Waals surface area (Å²) < 4.78 is 11.1. The Hall–Kier alpha value is -1.20. The Morgan fingerprint density at radius 1 is 0.762 bits per heavy atom. The number of aryl methyl sites for hydroxylation is 2. The highest BCUT2D eigenvalue weighted by Crippen LogP contribution is 2.25. The third-order valence-corrected chi connectivity index (χ3v) is 4.90. The second-order valence-corrected chi connectivity index (χ2v) is 6.29. The molecule has 2 aromatic carbocycles. The average molecular weight is 317 g/mol. The first kappa shape index (κ1) is 16.2. The lowest BCUT2D eigenvalue weighted by Gasteiger charge is -2.10. The van der Waals surface area contributed by atoms with Crippen molar-refractivity contribution in [2.24, 2.45) is 0 Å². The minimum absolute atomic E-state index is 0.780. The molecular weight excluding hydrogens is 299 g/mol. The monoisotopic (exact) mass is 317 g/mol. The molecule has 21 heavy (non-hydrogen) atoms. The van der Waals surface area contributed by atoms with Crippen LogP contribution in [0.15, 0.2) is 46.2 Å². The van der Waals surface area contributed by atoms with Crippen molar-refractivity contribution in [2.75, 3.05) is 12.5 Å². The lowest BCUT2D eigenvalue weighted by Crippen LogP contribution is -2.11. The van der Waals surface area contributed by atoms with Gasteiger partial charge >= 0.3 is 7.69 Å². The SMILES string of the molecule is CSc1ccc(O[B]Oc2ccc(SC)c(C)c2)cc1C. The van der Waals surface area contributed by atoms with E-state index in [1.165, 1.54) is 28.6 Å². The molecule has 1 radical (unpaired) electrons. The van der Waals surface area contributed by atoms with Gasteiger partial charge in [0.25, 0.3) is 0 Å². The number of thioether (sulfide) groups is 2. The summed E-state index contributed by atoms with van der Waals surface area (Å²) in [5.74, 6) is 1.56. The Morgan fingerprint density at radius 3 is 1.52 bits per heavy atom.